The fourth-order valence-corrected chi connectivity index (χ4v) is 4.69. The van der Waals surface area contributed by atoms with E-state index in [0.717, 1.165) is 0 Å². The van der Waals surface area contributed by atoms with Crippen LogP contribution in [-0.2, 0) is 19.4 Å². The Balaban J connectivity index is 2.02. The van der Waals surface area contributed by atoms with Crippen molar-refractivity contribution >= 4 is 27.3 Å². The van der Waals surface area contributed by atoms with E-state index in [0.29, 0.717) is 24.4 Å². The fourth-order valence-electron chi connectivity index (χ4n) is 2.96. The number of benzene rings is 1. The molecule has 1 atom stereocenters. The Bertz CT molecular complexity index is 761. The van der Waals surface area contributed by atoms with Crippen molar-refractivity contribution in [3.63, 3.8) is 0 Å². The van der Waals surface area contributed by atoms with E-state index in [2.05, 4.69) is 5.32 Å². The summed E-state index contributed by atoms with van der Waals surface area (Å²) >= 11 is 0. The fraction of sp³-hybridized carbons (Fsp3) is 0.556. The summed E-state index contributed by atoms with van der Waals surface area (Å²) in [7, 11) is -3.07. The molecule has 0 unspecified atom stereocenters. The minimum atomic E-state index is -3.07. The van der Waals surface area contributed by atoms with Gasteiger partial charge in [-0.25, -0.2) is 8.42 Å². The zero-order chi connectivity index (χ0) is 19.3. The molecule has 1 heterocycles. The van der Waals surface area contributed by atoms with Gasteiger partial charge >= 0.3 is 0 Å². The number of hydrogen-bond acceptors (Lipinski definition) is 5. The predicted molar refractivity (Wildman–Crippen MR) is 99.9 cm³/mol. The molecule has 1 aromatic carbocycles. The van der Waals surface area contributed by atoms with Crippen molar-refractivity contribution < 1.29 is 22.7 Å². The summed E-state index contributed by atoms with van der Waals surface area (Å²) in [6.07, 6.45) is 0.471. The van der Waals surface area contributed by atoms with Crippen molar-refractivity contribution in [1.29, 1.82) is 0 Å². The molecule has 0 aromatic heterocycles. The van der Waals surface area contributed by atoms with Crippen LogP contribution < -0.4 is 10.1 Å². The highest BCUT2D eigenvalue weighted by atomic mass is 32.2. The van der Waals surface area contributed by atoms with Gasteiger partial charge in [0.25, 0.3) is 5.91 Å². The third-order valence-electron chi connectivity index (χ3n) is 4.05. The first-order valence-electron chi connectivity index (χ1n) is 8.66. The van der Waals surface area contributed by atoms with Gasteiger partial charge in [-0.15, -0.1) is 0 Å². The van der Waals surface area contributed by atoms with Crippen molar-refractivity contribution in [2.75, 3.05) is 30.0 Å². The van der Waals surface area contributed by atoms with E-state index in [1.165, 1.54) is 6.92 Å². The SMILES string of the molecule is CC(=O)Nc1cccc(OCC(=O)N(CC(C)C)[C@H]2CCS(=O)(=O)C2)c1. The molecule has 2 rings (SSSR count). The second-order valence-corrected chi connectivity index (χ2v) is 9.22. The third-order valence-corrected chi connectivity index (χ3v) is 5.80. The number of nitrogens with one attached hydrogen (secondary N) is 1. The van der Waals surface area contributed by atoms with Gasteiger partial charge in [0, 0.05) is 31.3 Å². The Labute approximate surface area is 154 Å². The molecule has 8 heteroatoms. The lowest BCUT2D eigenvalue weighted by Crippen LogP contribution is -2.45. The van der Waals surface area contributed by atoms with Crippen LogP contribution in [0.1, 0.15) is 27.2 Å². The summed E-state index contributed by atoms with van der Waals surface area (Å²) in [6.45, 7) is 5.71. The number of rotatable bonds is 7. The van der Waals surface area contributed by atoms with Crippen LogP contribution in [0.3, 0.4) is 0 Å². The predicted octanol–water partition coefficient (Wildman–Crippen LogP) is 1.70. The topological polar surface area (TPSA) is 92.8 Å². The number of nitrogens with zero attached hydrogens (tertiary/aromatic N) is 1. The second-order valence-electron chi connectivity index (χ2n) is 6.99. The van der Waals surface area contributed by atoms with Gasteiger partial charge in [-0.3, -0.25) is 9.59 Å². The zero-order valence-corrected chi connectivity index (χ0v) is 16.2. The first-order valence-corrected chi connectivity index (χ1v) is 10.5. The maximum atomic E-state index is 12.6. The molecule has 2 amide bonds. The van der Waals surface area contributed by atoms with E-state index in [4.69, 9.17) is 4.74 Å². The van der Waals surface area contributed by atoms with E-state index in [9.17, 15) is 18.0 Å². The molecule has 1 aromatic rings. The van der Waals surface area contributed by atoms with Gasteiger partial charge in [0.2, 0.25) is 5.91 Å². The van der Waals surface area contributed by atoms with Gasteiger partial charge in [0.15, 0.2) is 16.4 Å². The molecule has 0 radical (unpaired) electrons. The Kier molecular flexibility index (Phi) is 6.63. The van der Waals surface area contributed by atoms with Gasteiger partial charge in [-0.2, -0.15) is 0 Å². The van der Waals surface area contributed by atoms with Crippen molar-refractivity contribution in [1.82, 2.24) is 4.90 Å². The number of amides is 2. The number of carbonyl (C=O) groups excluding carboxylic acids is 2. The normalized spacial score (nSPS) is 18.5. The highest BCUT2D eigenvalue weighted by Gasteiger charge is 2.34. The molecule has 26 heavy (non-hydrogen) atoms. The van der Waals surface area contributed by atoms with Crippen LogP contribution in [0.25, 0.3) is 0 Å². The summed E-state index contributed by atoms with van der Waals surface area (Å²) in [4.78, 5) is 25.4. The van der Waals surface area contributed by atoms with Crippen LogP contribution in [0.2, 0.25) is 0 Å². The number of carbonyl (C=O) groups is 2. The molecule has 144 valence electrons. The summed E-state index contributed by atoms with van der Waals surface area (Å²) in [6, 6.07) is 6.50. The Morgan fingerprint density at radius 1 is 1.35 bits per heavy atom. The Hall–Kier alpha value is -2.09. The molecule has 0 spiro atoms. The second kappa shape index (κ2) is 8.53. The van der Waals surface area contributed by atoms with Crippen LogP contribution >= 0.6 is 0 Å². The van der Waals surface area contributed by atoms with E-state index < -0.39 is 9.84 Å². The van der Waals surface area contributed by atoms with Crippen LogP contribution in [0.4, 0.5) is 5.69 Å². The summed E-state index contributed by atoms with van der Waals surface area (Å²) in [5, 5.41) is 2.65. The number of hydrogen-bond donors (Lipinski definition) is 1. The molecule has 0 saturated carbocycles. The molecule has 7 nitrogen and oxygen atoms in total. The molecule has 1 fully saturated rings. The molecule has 1 aliphatic rings. The van der Waals surface area contributed by atoms with Crippen molar-refractivity contribution in [2.24, 2.45) is 5.92 Å². The Morgan fingerprint density at radius 3 is 2.65 bits per heavy atom. The largest absolute Gasteiger partial charge is 0.484 e. The van der Waals surface area contributed by atoms with Crippen molar-refractivity contribution in [2.45, 2.75) is 33.2 Å². The summed E-state index contributed by atoms with van der Waals surface area (Å²) in [5.41, 5.74) is 0.586. The van der Waals surface area contributed by atoms with Crippen LogP contribution in [0.5, 0.6) is 5.75 Å². The highest BCUT2D eigenvalue weighted by Crippen LogP contribution is 2.21. The van der Waals surface area contributed by atoms with Crippen LogP contribution in [0.15, 0.2) is 24.3 Å². The van der Waals surface area contributed by atoms with Crippen molar-refractivity contribution in [3.05, 3.63) is 24.3 Å². The molecule has 1 N–H and O–H groups in total. The molecule has 0 bridgehead atoms. The lowest BCUT2D eigenvalue weighted by molar-refractivity contribution is -0.135. The maximum Gasteiger partial charge on any atom is 0.260 e. The van der Waals surface area contributed by atoms with Gasteiger partial charge in [0.05, 0.1) is 11.5 Å². The minimum absolute atomic E-state index is 0.0173. The average molecular weight is 382 g/mol. The molecular weight excluding hydrogens is 356 g/mol. The monoisotopic (exact) mass is 382 g/mol. The van der Waals surface area contributed by atoms with Gasteiger partial charge in [-0.1, -0.05) is 19.9 Å². The average Bonchev–Trinajstić information content (AvgIpc) is 2.89. The van der Waals surface area contributed by atoms with E-state index in [-0.39, 0.29) is 41.9 Å². The van der Waals surface area contributed by atoms with Gasteiger partial charge < -0.3 is 15.0 Å². The lowest BCUT2D eigenvalue weighted by atomic mass is 10.1. The molecule has 1 saturated heterocycles. The van der Waals surface area contributed by atoms with Gasteiger partial charge in [0.1, 0.15) is 5.75 Å². The third kappa shape index (κ3) is 6.01. The quantitative estimate of drug-likeness (QED) is 0.775. The van der Waals surface area contributed by atoms with Crippen LogP contribution in [0, 0.1) is 5.92 Å². The smallest absolute Gasteiger partial charge is 0.260 e. The molecule has 1 aliphatic heterocycles. The standard InChI is InChI=1S/C18H26N2O5S/c1-13(2)10-20(16-7-8-26(23,24)12-16)18(22)11-25-17-6-4-5-15(9-17)19-14(3)21/h4-6,9,13,16H,7-8,10-12H2,1-3H3,(H,19,21)/t16-/m0/s1. The zero-order valence-electron chi connectivity index (χ0n) is 15.4. The number of sulfone groups is 1. The van der Waals surface area contributed by atoms with E-state index >= 15 is 0 Å². The number of anilines is 1. The van der Waals surface area contributed by atoms with Gasteiger partial charge in [-0.05, 0) is 24.5 Å². The van der Waals surface area contributed by atoms with Crippen LogP contribution in [-0.4, -0.2) is 55.8 Å². The number of ether oxygens (including phenoxy) is 1. The first-order chi connectivity index (χ1) is 12.2. The summed E-state index contributed by atoms with van der Waals surface area (Å²) < 4.78 is 29.1. The Morgan fingerprint density at radius 2 is 2.08 bits per heavy atom. The minimum Gasteiger partial charge on any atom is -0.484 e. The lowest BCUT2D eigenvalue weighted by Gasteiger charge is -2.30. The molecule has 0 aliphatic carbocycles. The van der Waals surface area contributed by atoms with Crippen molar-refractivity contribution in [3.8, 4) is 5.75 Å². The first kappa shape index (κ1) is 20.2. The maximum absolute atomic E-state index is 12.6. The van der Waals surface area contributed by atoms with E-state index in [1.807, 2.05) is 13.8 Å². The van der Waals surface area contributed by atoms with E-state index in [1.54, 1.807) is 29.2 Å². The summed E-state index contributed by atoms with van der Waals surface area (Å²) in [5.74, 6) is 0.413. The highest BCUT2D eigenvalue weighted by molar-refractivity contribution is 7.91. The molecular formula is C18H26N2O5S.